The van der Waals surface area contributed by atoms with Gasteiger partial charge in [0.25, 0.3) is 0 Å². The summed E-state index contributed by atoms with van der Waals surface area (Å²) < 4.78 is 4.81. The number of aromatic nitrogens is 1. The SMILES string of the molecule is CC.CCOC(=O)Cc1c(C)c[nH]c1C#N. The van der Waals surface area contributed by atoms with Crippen molar-refractivity contribution < 1.29 is 9.53 Å². The molecule has 1 rings (SSSR count). The molecule has 4 heteroatoms. The van der Waals surface area contributed by atoms with Gasteiger partial charge in [-0.1, -0.05) is 13.8 Å². The van der Waals surface area contributed by atoms with E-state index in [1.54, 1.807) is 13.1 Å². The average molecular weight is 222 g/mol. The first kappa shape index (κ1) is 14.2. The van der Waals surface area contributed by atoms with E-state index in [0.717, 1.165) is 11.1 Å². The Morgan fingerprint density at radius 2 is 2.19 bits per heavy atom. The number of ether oxygens (including phenoxy) is 1. The minimum absolute atomic E-state index is 0.159. The summed E-state index contributed by atoms with van der Waals surface area (Å²) in [5.41, 5.74) is 2.08. The molecule has 0 fully saturated rings. The molecule has 0 aliphatic heterocycles. The predicted molar refractivity (Wildman–Crippen MR) is 61.9 cm³/mol. The van der Waals surface area contributed by atoms with E-state index < -0.39 is 0 Å². The minimum atomic E-state index is -0.299. The fraction of sp³-hybridized carbons (Fsp3) is 0.500. The highest BCUT2D eigenvalue weighted by Crippen LogP contribution is 2.13. The number of H-pyrrole nitrogens is 1. The number of hydrogen-bond donors (Lipinski definition) is 1. The highest BCUT2D eigenvalue weighted by atomic mass is 16.5. The molecular formula is C12H18N2O2. The van der Waals surface area contributed by atoms with Crippen LogP contribution < -0.4 is 0 Å². The maximum atomic E-state index is 11.2. The monoisotopic (exact) mass is 222 g/mol. The van der Waals surface area contributed by atoms with Crippen molar-refractivity contribution in [2.75, 3.05) is 6.61 Å². The number of carbonyl (C=O) groups excluding carboxylic acids is 1. The first-order valence-corrected chi connectivity index (χ1v) is 5.41. The van der Waals surface area contributed by atoms with Crippen LogP contribution in [0.25, 0.3) is 0 Å². The van der Waals surface area contributed by atoms with Crippen LogP contribution in [0.4, 0.5) is 0 Å². The van der Waals surface area contributed by atoms with Crippen molar-refractivity contribution in [3.8, 4) is 6.07 Å². The van der Waals surface area contributed by atoms with Crippen LogP contribution in [-0.4, -0.2) is 17.6 Å². The predicted octanol–water partition coefficient (Wildman–Crippen LogP) is 2.33. The van der Waals surface area contributed by atoms with Crippen molar-refractivity contribution >= 4 is 5.97 Å². The second-order valence-electron chi connectivity index (χ2n) is 2.92. The van der Waals surface area contributed by atoms with Crippen LogP contribution in [0.1, 0.15) is 37.6 Å². The van der Waals surface area contributed by atoms with Gasteiger partial charge in [-0.2, -0.15) is 5.26 Å². The molecule has 0 aromatic carbocycles. The van der Waals surface area contributed by atoms with Crippen LogP contribution in [0.3, 0.4) is 0 Å². The Morgan fingerprint density at radius 1 is 1.56 bits per heavy atom. The number of rotatable bonds is 3. The number of aromatic amines is 1. The lowest BCUT2D eigenvalue weighted by Crippen LogP contribution is -2.08. The topological polar surface area (TPSA) is 65.9 Å². The molecule has 0 saturated carbocycles. The lowest BCUT2D eigenvalue weighted by molar-refractivity contribution is -0.142. The largest absolute Gasteiger partial charge is 0.466 e. The number of hydrogen-bond acceptors (Lipinski definition) is 3. The number of aryl methyl sites for hydroxylation is 1. The number of nitrogens with one attached hydrogen (secondary N) is 1. The zero-order valence-corrected chi connectivity index (χ0v) is 10.3. The third-order valence-electron chi connectivity index (χ3n) is 1.95. The van der Waals surface area contributed by atoms with E-state index >= 15 is 0 Å². The zero-order chi connectivity index (χ0) is 12.6. The summed E-state index contributed by atoms with van der Waals surface area (Å²) >= 11 is 0. The normalized spacial score (nSPS) is 8.69. The van der Waals surface area contributed by atoms with Crippen molar-refractivity contribution in [3.63, 3.8) is 0 Å². The van der Waals surface area contributed by atoms with Gasteiger partial charge in [0.1, 0.15) is 11.8 Å². The van der Waals surface area contributed by atoms with Crippen molar-refractivity contribution in [3.05, 3.63) is 23.0 Å². The molecule has 1 N–H and O–H groups in total. The van der Waals surface area contributed by atoms with E-state index in [9.17, 15) is 4.79 Å². The van der Waals surface area contributed by atoms with E-state index in [0.29, 0.717) is 12.3 Å². The Kier molecular flexibility index (Phi) is 6.69. The van der Waals surface area contributed by atoms with Gasteiger partial charge in [-0.3, -0.25) is 4.79 Å². The van der Waals surface area contributed by atoms with Gasteiger partial charge in [0.2, 0.25) is 0 Å². The quantitative estimate of drug-likeness (QED) is 0.798. The maximum Gasteiger partial charge on any atom is 0.310 e. The molecule has 4 nitrogen and oxygen atoms in total. The Morgan fingerprint density at radius 3 is 2.69 bits per heavy atom. The van der Waals surface area contributed by atoms with Gasteiger partial charge in [0.15, 0.2) is 0 Å². The smallest absolute Gasteiger partial charge is 0.310 e. The first-order valence-electron chi connectivity index (χ1n) is 5.41. The molecule has 0 atom stereocenters. The molecule has 0 unspecified atom stereocenters. The van der Waals surface area contributed by atoms with Crippen LogP contribution in [-0.2, 0) is 16.0 Å². The average Bonchev–Trinajstić information content (AvgIpc) is 2.63. The van der Waals surface area contributed by atoms with Crippen molar-refractivity contribution in [2.45, 2.75) is 34.1 Å². The summed E-state index contributed by atoms with van der Waals surface area (Å²) in [4.78, 5) is 14.0. The van der Waals surface area contributed by atoms with Crippen molar-refractivity contribution in [1.82, 2.24) is 4.98 Å². The molecule has 1 aromatic heterocycles. The fourth-order valence-electron chi connectivity index (χ4n) is 1.24. The van der Waals surface area contributed by atoms with Gasteiger partial charge in [-0.15, -0.1) is 0 Å². The van der Waals surface area contributed by atoms with Crippen LogP contribution in [0.2, 0.25) is 0 Å². The molecule has 0 bridgehead atoms. The molecule has 0 radical (unpaired) electrons. The number of carbonyl (C=O) groups is 1. The van der Waals surface area contributed by atoms with E-state index in [1.807, 2.05) is 26.8 Å². The van der Waals surface area contributed by atoms with Gasteiger partial charge >= 0.3 is 5.97 Å². The van der Waals surface area contributed by atoms with E-state index in [4.69, 9.17) is 10.00 Å². The highest BCUT2D eigenvalue weighted by Gasteiger charge is 2.12. The summed E-state index contributed by atoms with van der Waals surface area (Å²) in [6.45, 7) is 7.98. The molecule has 16 heavy (non-hydrogen) atoms. The molecule has 0 spiro atoms. The second kappa shape index (κ2) is 7.52. The molecular weight excluding hydrogens is 204 g/mol. The molecule has 0 aliphatic carbocycles. The Labute approximate surface area is 96.2 Å². The van der Waals surface area contributed by atoms with Crippen LogP contribution in [0, 0.1) is 18.3 Å². The van der Waals surface area contributed by atoms with Crippen LogP contribution in [0.5, 0.6) is 0 Å². The van der Waals surface area contributed by atoms with Gasteiger partial charge in [0.05, 0.1) is 13.0 Å². The van der Waals surface area contributed by atoms with Gasteiger partial charge in [-0.25, -0.2) is 0 Å². The number of nitrogens with zero attached hydrogens (tertiary/aromatic N) is 1. The molecule has 88 valence electrons. The summed E-state index contributed by atoms with van der Waals surface area (Å²) in [5, 5.41) is 8.74. The second-order valence-corrected chi connectivity index (χ2v) is 2.92. The molecule has 1 heterocycles. The van der Waals surface area contributed by atoms with E-state index in [1.165, 1.54) is 0 Å². The van der Waals surface area contributed by atoms with Crippen LogP contribution >= 0.6 is 0 Å². The molecule has 0 saturated heterocycles. The third-order valence-corrected chi connectivity index (χ3v) is 1.95. The standard InChI is InChI=1S/C10H12N2O2.C2H6/c1-3-14-10(13)4-8-7(2)6-12-9(8)5-11;1-2/h6,12H,3-4H2,1-2H3;1-2H3. The summed E-state index contributed by atoms with van der Waals surface area (Å²) in [5.74, 6) is -0.299. The third kappa shape index (κ3) is 3.77. The first-order chi connectivity index (χ1) is 7.69. The lowest BCUT2D eigenvalue weighted by atomic mass is 10.1. The summed E-state index contributed by atoms with van der Waals surface area (Å²) in [6.07, 6.45) is 1.87. The summed E-state index contributed by atoms with van der Waals surface area (Å²) in [6, 6.07) is 2.00. The zero-order valence-electron chi connectivity index (χ0n) is 10.3. The molecule has 0 aliphatic rings. The Hall–Kier alpha value is -1.76. The van der Waals surface area contributed by atoms with Gasteiger partial charge in [0, 0.05) is 11.8 Å². The maximum absolute atomic E-state index is 11.2. The van der Waals surface area contributed by atoms with Gasteiger partial charge in [-0.05, 0) is 19.4 Å². The highest BCUT2D eigenvalue weighted by molar-refractivity contribution is 5.73. The minimum Gasteiger partial charge on any atom is -0.466 e. The molecule has 0 amide bonds. The van der Waals surface area contributed by atoms with Crippen molar-refractivity contribution in [1.29, 1.82) is 5.26 Å². The Bertz CT molecular complexity index is 375. The van der Waals surface area contributed by atoms with Crippen LogP contribution in [0.15, 0.2) is 6.20 Å². The van der Waals surface area contributed by atoms with E-state index in [2.05, 4.69) is 4.98 Å². The van der Waals surface area contributed by atoms with Gasteiger partial charge < -0.3 is 9.72 Å². The lowest BCUT2D eigenvalue weighted by Gasteiger charge is -2.01. The Balaban J connectivity index is 0.00000106. The fourth-order valence-corrected chi connectivity index (χ4v) is 1.24. The van der Waals surface area contributed by atoms with E-state index in [-0.39, 0.29) is 12.4 Å². The van der Waals surface area contributed by atoms with Crippen molar-refractivity contribution in [2.24, 2.45) is 0 Å². The molecule has 1 aromatic rings. The number of esters is 1. The number of nitriles is 1. The summed E-state index contributed by atoms with van der Waals surface area (Å²) in [7, 11) is 0.